The van der Waals surface area contributed by atoms with Gasteiger partial charge >= 0.3 is 0 Å². The summed E-state index contributed by atoms with van der Waals surface area (Å²) in [5, 5.41) is 3.60. The smallest absolute Gasteiger partial charge is 0.238 e. The van der Waals surface area contributed by atoms with Crippen LogP contribution in [0.15, 0.2) is 60.9 Å². The number of aromatic nitrogens is 2. The van der Waals surface area contributed by atoms with Gasteiger partial charge in [-0.3, -0.25) is 14.5 Å². The first-order chi connectivity index (χ1) is 15.5. The number of benzene rings is 2. The highest BCUT2D eigenvalue weighted by Gasteiger charge is 2.22. The number of hydrogen-bond acceptors (Lipinski definition) is 6. The van der Waals surface area contributed by atoms with E-state index in [4.69, 9.17) is 23.2 Å². The third-order valence-corrected chi connectivity index (χ3v) is 5.76. The molecule has 32 heavy (non-hydrogen) atoms. The molecular formula is C23H21Cl2N5O2. The maximum atomic E-state index is 13.1. The van der Waals surface area contributed by atoms with Crippen LogP contribution in [0.2, 0.25) is 10.0 Å². The SMILES string of the molecule is O=C(CN1CCN(c2ncccn2)CC1)Nc1ccc(Cl)cc1C(=O)c1ccccc1Cl. The lowest BCUT2D eigenvalue weighted by Crippen LogP contribution is -2.49. The van der Waals surface area contributed by atoms with Gasteiger partial charge in [-0.05, 0) is 36.4 Å². The zero-order chi connectivity index (χ0) is 22.5. The van der Waals surface area contributed by atoms with Crippen molar-refractivity contribution in [1.82, 2.24) is 14.9 Å². The summed E-state index contributed by atoms with van der Waals surface area (Å²) >= 11 is 12.3. The number of ketones is 1. The molecule has 0 atom stereocenters. The fraction of sp³-hybridized carbons (Fsp3) is 0.217. The summed E-state index contributed by atoms with van der Waals surface area (Å²) in [4.78, 5) is 38.5. The van der Waals surface area contributed by atoms with Gasteiger partial charge in [-0.15, -0.1) is 0 Å². The number of carbonyl (C=O) groups is 2. The van der Waals surface area contributed by atoms with E-state index in [-0.39, 0.29) is 18.2 Å². The molecule has 0 unspecified atom stereocenters. The largest absolute Gasteiger partial charge is 0.338 e. The van der Waals surface area contributed by atoms with E-state index in [1.807, 2.05) is 0 Å². The number of halogens is 2. The molecule has 0 bridgehead atoms. The Morgan fingerprint density at radius 2 is 1.62 bits per heavy atom. The predicted molar refractivity (Wildman–Crippen MR) is 126 cm³/mol. The van der Waals surface area contributed by atoms with Gasteiger partial charge in [0, 0.05) is 54.7 Å². The molecule has 1 aliphatic heterocycles. The summed E-state index contributed by atoms with van der Waals surface area (Å²) in [6, 6.07) is 13.4. The summed E-state index contributed by atoms with van der Waals surface area (Å²) in [5.74, 6) is 0.190. The molecule has 1 N–H and O–H groups in total. The Kier molecular flexibility index (Phi) is 6.99. The van der Waals surface area contributed by atoms with Crippen LogP contribution in [0, 0.1) is 0 Å². The van der Waals surface area contributed by atoms with E-state index in [0.29, 0.717) is 45.9 Å². The molecule has 1 saturated heterocycles. The maximum Gasteiger partial charge on any atom is 0.238 e. The lowest BCUT2D eigenvalue weighted by Gasteiger charge is -2.34. The molecule has 4 rings (SSSR count). The average Bonchev–Trinajstić information content (AvgIpc) is 2.81. The molecule has 7 nitrogen and oxygen atoms in total. The van der Waals surface area contributed by atoms with Gasteiger partial charge in [0.2, 0.25) is 11.9 Å². The first-order valence-corrected chi connectivity index (χ1v) is 10.9. The minimum Gasteiger partial charge on any atom is -0.338 e. The number of nitrogens with zero attached hydrogens (tertiary/aromatic N) is 4. The molecule has 9 heteroatoms. The lowest BCUT2D eigenvalue weighted by molar-refractivity contribution is -0.117. The van der Waals surface area contributed by atoms with E-state index in [9.17, 15) is 9.59 Å². The highest BCUT2D eigenvalue weighted by Crippen LogP contribution is 2.26. The van der Waals surface area contributed by atoms with Crippen molar-refractivity contribution in [1.29, 1.82) is 0 Å². The number of hydrogen-bond donors (Lipinski definition) is 1. The first kappa shape index (κ1) is 22.2. The predicted octanol–water partition coefficient (Wildman–Crippen LogP) is 3.78. The highest BCUT2D eigenvalue weighted by molar-refractivity contribution is 6.36. The molecule has 0 aliphatic carbocycles. The van der Waals surface area contributed by atoms with Gasteiger partial charge < -0.3 is 10.2 Å². The zero-order valence-corrected chi connectivity index (χ0v) is 18.7. The Morgan fingerprint density at radius 1 is 0.906 bits per heavy atom. The molecule has 1 aliphatic rings. The Hall–Kier alpha value is -3.00. The van der Waals surface area contributed by atoms with Crippen LogP contribution in [0.3, 0.4) is 0 Å². The molecule has 1 amide bonds. The summed E-state index contributed by atoms with van der Waals surface area (Å²) in [6.45, 7) is 3.09. The van der Waals surface area contributed by atoms with Crippen molar-refractivity contribution in [3.8, 4) is 0 Å². The van der Waals surface area contributed by atoms with Crippen LogP contribution in [0.1, 0.15) is 15.9 Å². The molecule has 1 aromatic heterocycles. The van der Waals surface area contributed by atoms with Crippen molar-refractivity contribution in [2.24, 2.45) is 0 Å². The first-order valence-electron chi connectivity index (χ1n) is 10.1. The normalized spacial score (nSPS) is 14.2. The van der Waals surface area contributed by atoms with Crippen LogP contribution in [-0.2, 0) is 4.79 Å². The van der Waals surface area contributed by atoms with Crippen molar-refractivity contribution in [2.75, 3.05) is 42.9 Å². The molecule has 0 radical (unpaired) electrons. The Bertz CT molecular complexity index is 1120. The molecule has 2 heterocycles. The Morgan fingerprint density at radius 3 is 2.34 bits per heavy atom. The second kappa shape index (κ2) is 10.1. The van der Waals surface area contributed by atoms with Gasteiger partial charge in [0.15, 0.2) is 5.78 Å². The van der Waals surface area contributed by atoms with Gasteiger partial charge in [0.25, 0.3) is 0 Å². The second-order valence-electron chi connectivity index (χ2n) is 7.36. The summed E-state index contributed by atoms with van der Waals surface area (Å²) in [7, 11) is 0. The van der Waals surface area contributed by atoms with E-state index < -0.39 is 0 Å². The fourth-order valence-electron chi connectivity index (χ4n) is 3.56. The third kappa shape index (κ3) is 5.24. The van der Waals surface area contributed by atoms with Crippen LogP contribution in [0.4, 0.5) is 11.6 Å². The van der Waals surface area contributed by atoms with E-state index >= 15 is 0 Å². The van der Waals surface area contributed by atoms with Crippen molar-refractivity contribution < 1.29 is 9.59 Å². The Balaban J connectivity index is 1.41. The average molecular weight is 470 g/mol. The number of carbonyl (C=O) groups excluding carboxylic acids is 2. The van der Waals surface area contributed by atoms with E-state index in [0.717, 1.165) is 13.1 Å². The minimum absolute atomic E-state index is 0.204. The fourth-order valence-corrected chi connectivity index (χ4v) is 3.95. The van der Waals surface area contributed by atoms with Gasteiger partial charge in [-0.2, -0.15) is 0 Å². The van der Waals surface area contributed by atoms with Crippen LogP contribution < -0.4 is 10.2 Å². The maximum absolute atomic E-state index is 13.1. The monoisotopic (exact) mass is 469 g/mol. The number of nitrogens with one attached hydrogen (secondary N) is 1. The molecule has 2 aromatic carbocycles. The molecule has 0 saturated carbocycles. The summed E-state index contributed by atoms with van der Waals surface area (Å²) < 4.78 is 0. The van der Waals surface area contributed by atoms with Crippen LogP contribution >= 0.6 is 23.2 Å². The van der Waals surface area contributed by atoms with E-state index in [1.54, 1.807) is 60.9 Å². The molecule has 3 aromatic rings. The topological polar surface area (TPSA) is 78.4 Å². The summed E-state index contributed by atoms with van der Waals surface area (Å²) in [5.41, 5.74) is 1.05. The highest BCUT2D eigenvalue weighted by atomic mass is 35.5. The van der Waals surface area contributed by atoms with Crippen LogP contribution in [0.25, 0.3) is 0 Å². The van der Waals surface area contributed by atoms with Crippen molar-refractivity contribution in [2.45, 2.75) is 0 Å². The van der Waals surface area contributed by atoms with Crippen LogP contribution in [-0.4, -0.2) is 59.3 Å². The van der Waals surface area contributed by atoms with Crippen molar-refractivity contribution in [3.05, 3.63) is 82.1 Å². The molecule has 1 fully saturated rings. The summed E-state index contributed by atoms with van der Waals surface area (Å²) in [6.07, 6.45) is 3.44. The number of amides is 1. The van der Waals surface area contributed by atoms with E-state index in [2.05, 4.69) is 25.1 Å². The Labute approximate surface area is 196 Å². The zero-order valence-electron chi connectivity index (χ0n) is 17.2. The van der Waals surface area contributed by atoms with Gasteiger partial charge in [0.05, 0.1) is 17.3 Å². The van der Waals surface area contributed by atoms with Gasteiger partial charge in [0.1, 0.15) is 0 Å². The lowest BCUT2D eigenvalue weighted by atomic mass is 10.0. The molecular weight excluding hydrogens is 449 g/mol. The number of anilines is 2. The van der Waals surface area contributed by atoms with Gasteiger partial charge in [-0.1, -0.05) is 35.3 Å². The van der Waals surface area contributed by atoms with Crippen molar-refractivity contribution in [3.63, 3.8) is 0 Å². The number of piperazine rings is 1. The second-order valence-corrected chi connectivity index (χ2v) is 8.20. The number of rotatable bonds is 6. The van der Waals surface area contributed by atoms with Gasteiger partial charge in [-0.25, -0.2) is 9.97 Å². The molecule has 164 valence electrons. The standard InChI is InChI=1S/C23H21Cl2N5O2/c24-16-6-7-20(18(14-16)22(32)17-4-1-2-5-19(17)25)28-21(31)15-29-10-12-30(13-11-29)23-26-8-3-9-27-23/h1-9,14H,10-13,15H2,(H,28,31). The minimum atomic E-state index is -0.301. The van der Waals surface area contributed by atoms with Crippen molar-refractivity contribution >= 4 is 46.5 Å². The van der Waals surface area contributed by atoms with Crippen LogP contribution in [0.5, 0.6) is 0 Å². The molecule has 0 spiro atoms. The van der Waals surface area contributed by atoms with E-state index in [1.165, 1.54) is 0 Å². The third-order valence-electron chi connectivity index (χ3n) is 5.19. The quantitative estimate of drug-likeness (QED) is 0.553.